The van der Waals surface area contributed by atoms with E-state index in [4.69, 9.17) is 10.5 Å². The minimum absolute atomic E-state index is 0.463. The van der Waals surface area contributed by atoms with Crippen LogP contribution in [0.3, 0.4) is 0 Å². The normalized spacial score (nSPS) is 10.0. The van der Waals surface area contributed by atoms with Gasteiger partial charge in [0.15, 0.2) is 5.84 Å². The summed E-state index contributed by atoms with van der Waals surface area (Å²) in [5.41, 5.74) is 9.14. The van der Waals surface area contributed by atoms with Gasteiger partial charge in [0.25, 0.3) is 0 Å². The molecule has 1 aromatic carbocycles. The second-order valence-electron chi connectivity index (χ2n) is 2.45. The summed E-state index contributed by atoms with van der Waals surface area (Å²) in [6, 6.07) is 7.39. The Morgan fingerprint density at radius 1 is 1.27 bits per heavy atom. The lowest BCUT2D eigenvalue weighted by molar-refractivity contribution is 0.415. The van der Waals surface area contributed by atoms with Crippen molar-refractivity contribution < 1.29 is 4.74 Å². The molecule has 0 radical (unpaired) electrons. The van der Waals surface area contributed by atoms with Gasteiger partial charge in [-0.1, -0.05) is 13.8 Å². The van der Waals surface area contributed by atoms with Crippen LogP contribution in [0, 0.1) is 0 Å². The quantitative estimate of drug-likeness (QED) is 0.451. The highest BCUT2D eigenvalue weighted by molar-refractivity contribution is 5.97. The summed E-state index contributed by atoms with van der Waals surface area (Å²) in [6.07, 6.45) is 0. The number of hydrogen-bond donors (Lipinski definition) is 2. The smallest absolute Gasteiger partial charge is 0.150 e. The van der Waals surface area contributed by atoms with E-state index < -0.39 is 0 Å². The standard InChI is InChI=1S/C9H13N3O.C2H6/c1-11-12-9(10)7-3-5-8(13-2)6-4-7;1-2/h3-6,11H,1-2H3,(H2,10,12);1-2H3. The fourth-order valence-electron chi connectivity index (χ4n) is 0.947. The van der Waals surface area contributed by atoms with Crippen molar-refractivity contribution in [2.75, 3.05) is 14.2 Å². The Morgan fingerprint density at radius 3 is 2.20 bits per heavy atom. The van der Waals surface area contributed by atoms with Gasteiger partial charge in [-0.2, -0.15) is 5.10 Å². The molecule has 3 N–H and O–H groups in total. The van der Waals surface area contributed by atoms with Crippen molar-refractivity contribution in [3.63, 3.8) is 0 Å². The third-order valence-corrected chi connectivity index (χ3v) is 1.62. The molecule has 84 valence electrons. The molecule has 0 atom stereocenters. The Morgan fingerprint density at radius 2 is 1.80 bits per heavy atom. The Labute approximate surface area is 91.1 Å². The number of methoxy groups -OCH3 is 1. The molecular weight excluding hydrogens is 190 g/mol. The summed E-state index contributed by atoms with van der Waals surface area (Å²) in [7, 11) is 3.33. The van der Waals surface area contributed by atoms with Gasteiger partial charge in [0, 0.05) is 12.6 Å². The zero-order chi connectivity index (χ0) is 11.7. The van der Waals surface area contributed by atoms with Crippen LogP contribution in [0.4, 0.5) is 0 Å². The molecular formula is C11H19N3O. The van der Waals surface area contributed by atoms with Gasteiger partial charge in [0.05, 0.1) is 7.11 Å². The van der Waals surface area contributed by atoms with Gasteiger partial charge in [-0.25, -0.2) is 0 Å². The van der Waals surface area contributed by atoms with Crippen LogP contribution in [0.25, 0.3) is 0 Å². The van der Waals surface area contributed by atoms with Crippen LogP contribution in [-0.4, -0.2) is 20.0 Å². The molecule has 0 unspecified atom stereocenters. The highest BCUT2D eigenvalue weighted by atomic mass is 16.5. The van der Waals surface area contributed by atoms with Crippen molar-refractivity contribution in [3.8, 4) is 5.75 Å². The predicted octanol–water partition coefficient (Wildman–Crippen LogP) is 1.56. The summed E-state index contributed by atoms with van der Waals surface area (Å²) in [5.74, 6) is 1.27. The molecule has 4 nitrogen and oxygen atoms in total. The first-order valence-corrected chi connectivity index (χ1v) is 4.92. The van der Waals surface area contributed by atoms with Crippen LogP contribution in [0.2, 0.25) is 0 Å². The minimum atomic E-state index is 0.463. The topological polar surface area (TPSA) is 59.6 Å². The molecule has 0 saturated carbocycles. The number of nitrogens with zero attached hydrogens (tertiary/aromatic N) is 1. The van der Waals surface area contributed by atoms with Gasteiger partial charge in [-0.15, -0.1) is 0 Å². The zero-order valence-electron chi connectivity index (χ0n) is 9.74. The first-order valence-electron chi connectivity index (χ1n) is 4.92. The number of ether oxygens (including phenoxy) is 1. The van der Waals surface area contributed by atoms with E-state index in [-0.39, 0.29) is 0 Å². The summed E-state index contributed by atoms with van der Waals surface area (Å²) < 4.78 is 5.01. The van der Waals surface area contributed by atoms with Crippen molar-refractivity contribution in [2.45, 2.75) is 13.8 Å². The van der Waals surface area contributed by atoms with E-state index >= 15 is 0 Å². The molecule has 1 aromatic rings. The number of nitrogens with two attached hydrogens (primary N) is 1. The van der Waals surface area contributed by atoms with Crippen molar-refractivity contribution >= 4 is 5.84 Å². The molecule has 0 aliphatic heterocycles. The second kappa shape index (κ2) is 7.67. The van der Waals surface area contributed by atoms with Crippen LogP contribution in [0.15, 0.2) is 29.4 Å². The van der Waals surface area contributed by atoms with Crippen LogP contribution >= 0.6 is 0 Å². The molecule has 0 amide bonds. The summed E-state index contributed by atoms with van der Waals surface area (Å²) in [4.78, 5) is 0. The number of rotatable bonds is 3. The van der Waals surface area contributed by atoms with Crippen LogP contribution in [0.1, 0.15) is 19.4 Å². The maximum absolute atomic E-state index is 5.64. The molecule has 0 aromatic heterocycles. The number of nitrogens with one attached hydrogen (secondary N) is 1. The highest BCUT2D eigenvalue weighted by Crippen LogP contribution is 2.10. The van der Waals surface area contributed by atoms with Gasteiger partial charge < -0.3 is 15.9 Å². The Bertz CT molecular complexity index is 293. The van der Waals surface area contributed by atoms with E-state index in [9.17, 15) is 0 Å². The maximum atomic E-state index is 5.64. The van der Waals surface area contributed by atoms with E-state index in [0.717, 1.165) is 11.3 Å². The van der Waals surface area contributed by atoms with E-state index in [1.54, 1.807) is 14.2 Å². The average molecular weight is 209 g/mol. The Kier molecular flexibility index (Phi) is 6.80. The third kappa shape index (κ3) is 4.35. The van der Waals surface area contributed by atoms with Crippen molar-refractivity contribution in [3.05, 3.63) is 29.8 Å². The molecule has 0 saturated heterocycles. The maximum Gasteiger partial charge on any atom is 0.150 e. The number of amidine groups is 1. The number of hydrazone groups is 1. The van der Waals surface area contributed by atoms with E-state index in [0.29, 0.717) is 5.84 Å². The number of hydrogen-bond acceptors (Lipinski definition) is 3. The molecule has 0 bridgehead atoms. The third-order valence-electron chi connectivity index (χ3n) is 1.62. The second-order valence-corrected chi connectivity index (χ2v) is 2.45. The van der Waals surface area contributed by atoms with Gasteiger partial charge >= 0.3 is 0 Å². The molecule has 0 heterocycles. The molecule has 1 rings (SSSR count). The van der Waals surface area contributed by atoms with Crippen molar-refractivity contribution in [1.82, 2.24) is 5.43 Å². The first kappa shape index (κ1) is 13.3. The van der Waals surface area contributed by atoms with Crippen LogP contribution < -0.4 is 15.9 Å². The number of benzene rings is 1. The SMILES string of the molecule is CC.CN/N=C(\N)c1ccc(OC)cc1. The minimum Gasteiger partial charge on any atom is -0.497 e. The monoisotopic (exact) mass is 209 g/mol. The summed E-state index contributed by atoms with van der Waals surface area (Å²) in [5, 5.41) is 3.85. The van der Waals surface area contributed by atoms with Crippen LogP contribution in [-0.2, 0) is 0 Å². The van der Waals surface area contributed by atoms with E-state index in [1.807, 2.05) is 38.1 Å². The van der Waals surface area contributed by atoms with Gasteiger partial charge in [-0.05, 0) is 24.3 Å². The van der Waals surface area contributed by atoms with E-state index in [2.05, 4.69) is 10.5 Å². The molecule has 0 aliphatic rings. The summed E-state index contributed by atoms with van der Waals surface area (Å²) in [6.45, 7) is 4.00. The van der Waals surface area contributed by atoms with Gasteiger partial charge in [0.1, 0.15) is 5.75 Å². The lowest BCUT2D eigenvalue weighted by Gasteiger charge is -2.02. The van der Waals surface area contributed by atoms with Gasteiger partial charge in [0.2, 0.25) is 0 Å². The molecule has 0 aliphatic carbocycles. The fourth-order valence-corrected chi connectivity index (χ4v) is 0.947. The average Bonchev–Trinajstić information content (AvgIpc) is 2.32. The lowest BCUT2D eigenvalue weighted by Crippen LogP contribution is -2.16. The Hall–Kier alpha value is -1.71. The summed E-state index contributed by atoms with van der Waals surface area (Å²) >= 11 is 0. The van der Waals surface area contributed by atoms with Crippen LogP contribution in [0.5, 0.6) is 5.75 Å². The highest BCUT2D eigenvalue weighted by Gasteiger charge is 1.97. The Balaban J connectivity index is 0.000000921. The predicted molar refractivity (Wildman–Crippen MR) is 64.1 cm³/mol. The molecule has 0 spiro atoms. The fraction of sp³-hybridized carbons (Fsp3) is 0.364. The first-order chi connectivity index (χ1) is 7.27. The lowest BCUT2D eigenvalue weighted by atomic mass is 10.2. The molecule has 0 fully saturated rings. The van der Waals surface area contributed by atoms with Crippen molar-refractivity contribution in [1.29, 1.82) is 0 Å². The van der Waals surface area contributed by atoms with E-state index in [1.165, 1.54) is 0 Å². The zero-order valence-corrected chi connectivity index (χ0v) is 9.74. The molecule has 4 heteroatoms. The largest absolute Gasteiger partial charge is 0.497 e. The van der Waals surface area contributed by atoms with Crippen molar-refractivity contribution in [2.24, 2.45) is 10.8 Å². The van der Waals surface area contributed by atoms with Gasteiger partial charge in [-0.3, -0.25) is 0 Å². The molecule has 15 heavy (non-hydrogen) atoms.